The van der Waals surface area contributed by atoms with Crippen molar-refractivity contribution in [1.82, 2.24) is 15.2 Å². The molecule has 3 aromatic rings. The number of aromatic nitrogens is 1. The van der Waals surface area contributed by atoms with Crippen LogP contribution in [0.3, 0.4) is 0 Å². The molecule has 1 aliphatic heterocycles. The van der Waals surface area contributed by atoms with E-state index in [1.165, 1.54) is 17.0 Å². The lowest BCUT2D eigenvalue weighted by Gasteiger charge is -2.35. The Morgan fingerprint density at radius 3 is 2.54 bits per heavy atom. The Bertz CT molecular complexity index is 1490. The van der Waals surface area contributed by atoms with E-state index in [9.17, 15) is 22.4 Å². The Hall–Kier alpha value is -3.64. The van der Waals surface area contributed by atoms with Gasteiger partial charge >= 0.3 is 12.2 Å². The van der Waals surface area contributed by atoms with Gasteiger partial charge in [0.2, 0.25) is 0 Å². The van der Waals surface area contributed by atoms with Gasteiger partial charge in [-0.05, 0) is 50.1 Å². The number of amides is 2. The molecule has 1 aliphatic rings. The van der Waals surface area contributed by atoms with Crippen LogP contribution in [0, 0.1) is 11.7 Å². The predicted molar refractivity (Wildman–Crippen MR) is 151 cm³/mol. The molecule has 0 radical (unpaired) electrons. The Morgan fingerprint density at radius 1 is 1.17 bits per heavy atom. The molecule has 1 aromatic heterocycles. The van der Waals surface area contributed by atoms with Gasteiger partial charge in [-0.3, -0.25) is 4.18 Å². The number of carbonyl (C=O) groups excluding carboxylic acids is 2. The average molecular weight is 590 g/mol. The predicted octanol–water partition coefficient (Wildman–Crippen LogP) is 4.92. The number of H-pyrrole nitrogens is 1. The number of nitrogens with one attached hydrogen (secondary N) is 2. The van der Waals surface area contributed by atoms with E-state index in [2.05, 4.69) is 10.3 Å². The zero-order chi connectivity index (χ0) is 29.9. The van der Waals surface area contributed by atoms with E-state index in [-0.39, 0.29) is 19.7 Å². The van der Waals surface area contributed by atoms with Crippen molar-refractivity contribution in [2.24, 2.45) is 5.92 Å². The van der Waals surface area contributed by atoms with Gasteiger partial charge in [0.05, 0.1) is 12.3 Å². The van der Waals surface area contributed by atoms with E-state index >= 15 is 0 Å². The van der Waals surface area contributed by atoms with E-state index in [0.29, 0.717) is 16.5 Å². The molecule has 2 aromatic carbocycles. The highest BCUT2D eigenvalue weighted by atomic mass is 32.2. The Kier molecular flexibility index (Phi) is 8.93. The van der Waals surface area contributed by atoms with Crippen LogP contribution in [0.2, 0.25) is 0 Å². The van der Waals surface area contributed by atoms with Gasteiger partial charge < -0.3 is 24.7 Å². The van der Waals surface area contributed by atoms with Gasteiger partial charge in [-0.25, -0.2) is 14.0 Å². The van der Waals surface area contributed by atoms with Gasteiger partial charge in [-0.2, -0.15) is 8.42 Å². The third kappa shape index (κ3) is 7.76. The maximum Gasteiger partial charge on any atom is 0.410 e. The fraction of sp³-hybridized carbons (Fsp3) is 0.448. The van der Waals surface area contributed by atoms with E-state index in [4.69, 9.17) is 13.7 Å². The maximum atomic E-state index is 14.0. The zero-order valence-corrected chi connectivity index (χ0v) is 24.5. The fourth-order valence-electron chi connectivity index (χ4n) is 5.18. The van der Waals surface area contributed by atoms with Gasteiger partial charge in [0.1, 0.15) is 24.1 Å². The summed E-state index contributed by atoms with van der Waals surface area (Å²) in [6.07, 6.45) is 0.335. The first kappa shape index (κ1) is 30.3. The van der Waals surface area contributed by atoms with Crippen LogP contribution >= 0.6 is 0 Å². The van der Waals surface area contributed by atoms with Crippen LogP contribution in [0.5, 0.6) is 0 Å². The molecule has 0 saturated carbocycles. The van der Waals surface area contributed by atoms with Crippen molar-refractivity contribution in [2.75, 3.05) is 19.3 Å². The number of nitrogens with zero attached hydrogens (tertiary/aromatic N) is 1. The lowest BCUT2D eigenvalue weighted by Crippen LogP contribution is -2.49. The van der Waals surface area contributed by atoms with Crippen LogP contribution < -0.4 is 5.32 Å². The molecule has 4 atom stereocenters. The lowest BCUT2D eigenvalue weighted by molar-refractivity contribution is 0.0141. The molecule has 1 saturated heterocycles. The summed E-state index contributed by atoms with van der Waals surface area (Å²) in [7, 11) is -3.93. The molecule has 4 rings (SSSR count). The minimum Gasteiger partial charge on any atom is -0.445 e. The van der Waals surface area contributed by atoms with Gasteiger partial charge in [0.25, 0.3) is 10.1 Å². The third-order valence-electron chi connectivity index (χ3n) is 6.82. The minimum atomic E-state index is -3.93. The van der Waals surface area contributed by atoms with Gasteiger partial charge in [0, 0.05) is 42.0 Å². The largest absolute Gasteiger partial charge is 0.445 e. The third-order valence-corrected chi connectivity index (χ3v) is 7.39. The van der Waals surface area contributed by atoms with Crippen LogP contribution in [0.25, 0.3) is 10.9 Å². The summed E-state index contributed by atoms with van der Waals surface area (Å²) in [5.74, 6) is -1.52. The standard InChI is InChI=1S/C29H36FN3O7S/c1-18-16-33(28(35)39-29(2,3)4)25(26(18)40-41(5,36)37)23(22-14-31-24-13-20(30)11-12-21(22)24)15-32-27(34)38-17-19-9-7-6-8-10-19/h6-14,18,23,25-26,31H,15-17H2,1-5H3,(H,32,34). The van der Waals surface area contributed by atoms with Crippen LogP contribution in [0.4, 0.5) is 14.0 Å². The fourth-order valence-corrected chi connectivity index (χ4v) is 5.88. The van der Waals surface area contributed by atoms with Crippen molar-refractivity contribution in [3.63, 3.8) is 0 Å². The molecule has 0 bridgehead atoms. The molecule has 2 amide bonds. The molecule has 0 aliphatic carbocycles. The van der Waals surface area contributed by atoms with E-state index in [1.807, 2.05) is 30.3 Å². The summed E-state index contributed by atoms with van der Waals surface area (Å²) in [4.78, 5) is 30.7. The second-order valence-electron chi connectivity index (χ2n) is 11.3. The van der Waals surface area contributed by atoms with E-state index < -0.39 is 57.7 Å². The summed E-state index contributed by atoms with van der Waals surface area (Å²) in [5.41, 5.74) is 1.14. The molecule has 0 spiro atoms. The highest BCUT2D eigenvalue weighted by Crippen LogP contribution is 2.39. The first-order chi connectivity index (χ1) is 19.2. The van der Waals surface area contributed by atoms with Gasteiger partial charge in [0.15, 0.2) is 0 Å². The zero-order valence-electron chi connectivity index (χ0n) is 23.7. The molecule has 1 fully saturated rings. The molecule has 10 nitrogen and oxygen atoms in total. The van der Waals surface area contributed by atoms with E-state index in [1.54, 1.807) is 40.0 Å². The normalized spacial score (nSPS) is 20.1. The highest BCUT2D eigenvalue weighted by Gasteiger charge is 2.50. The number of likely N-dealkylation sites (tertiary alicyclic amines) is 1. The maximum absolute atomic E-state index is 14.0. The summed E-state index contributed by atoms with van der Waals surface area (Å²) < 4.78 is 55.3. The number of hydrogen-bond acceptors (Lipinski definition) is 7. The van der Waals surface area contributed by atoms with Crippen molar-refractivity contribution in [1.29, 1.82) is 0 Å². The second kappa shape index (κ2) is 12.1. The van der Waals surface area contributed by atoms with Crippen molar-refractivity contribution >= 4 is 33.2 Å². The quantitative estimate of drug-likeness (QED) is 0.357. The topological polar surface area (TPSA) is 127 Å². The number of benzene rings is 2. The monoisotopic (exact) mass is 589 g/mol. The van der Waals surface area contributed by atoms with Gasteiger partial charge in [-0.1, -0.05) is 37.3 Å². The molecule has 222 valence electrons. The van der Waals surface area contributed by atoms with Crippen LogP contribution in [-0.4, -0.2) is 67.6 Å². The molecule has 41 heavy (non-hydrogen) atoms. The number of hydrogen-bond donors (Lipinski definition) is 2. The molecule has 4 unspecified atom stereocenters. The van der Waals surface area contributed by atoms with Crippen molar-refractivity contribution in [3.05, 3.63) is 71.7 Å². The number of alkyl carbamates (subject to hydrolysis) is 1. The Morgan fingerprint density at radius 2 is 1.88 bits per heavy atom. The number of halogens is 1. The summed E-state index contributed by atoms with van der Waals surface area (Å²) in [5, 5.41) is 3.42. The van der Waals surface area contributed by atoms with E-state index in [0.717, 1.165) is 11.8 Å². The first-order valence-corrected chi connectivity index (χ1v) is 15.1. The van der Waals surface area contributed by atoms with Crippen LogP contribution in [0.1, 0.15) is 44.7 Å². The number of rotatable bonds is 8. The second-order valence-corrected chi connectivity index (χ2v) is 12.9. The lowest BCUT2D eigenvalue weighted by atomic mass is 9.86. The molecule has 12 heteroatoms. The number of ether oxygens (including phenoxy) is 2. The summed E-state index contributed by atoms with van der Waals surface area (Å²) in [6, 6.07) is 12.6. The highest BCUT2D eigenvalue weighted by molar-refractivity contribution is 7.86. The number of aromatic amines is 1. The van der Waals surface area contributed by atoms with Gasteiger partial charge in [-0.15, -0.1) is 0 Å². The SMILES string of the molecule is CC1CN(C(=O)OC(C)(C)C)C(C(CNC(=O)OCc2ccccc2)c2c[nH]c3cc(F)ccc23)C1OS(C)(=O)=O. The Labute approximate surface area is 239 Å². The van der Waals surface area contributed by atoms with Crippen molar-refractivity contribution in [2.45, 2.75) is 58.0 Å². The van der Waals surface area contributed by atoms with Crippen LogP contribution in [-0.2, 0) is 30.4 Å². The minimum absolute atomic E-state index is 0.0434. The summed E-state index contributed by atoms with van der Waals surface area (Å²) in [6.45, 7) is 7.16. The molecular formula is C29H36FN3O7S. The number of carbonyl (C=O) groups is 2. The van der Waals surface area contributed by atoms with Crippen molar-refractivity contribution < 1.29 is 36.1 Å². The average Bonchev–Trinajstić information content (AvgIpc) is 3.43. The summed E-state index contributed by atoms with van der Waals surface area (Å²) >= 11 is 0. The first-order valence-electron chi connectivity index (χ1n) is 13.3. The smallest absolute Gasteiger partial charge is 0.410 e. The number of fused-ring (bicyclic) bond motifs is 1. The molecule has 2 heterocycles. The molecule has 2 N–H and O–H groups in total. The molecular weight excluding hydrogens is 553 g/mol. The Balaban J connectivity index is 1.71. The van der Waals surface area contributed by atoms with Crippen molar-refractivity contribution in [3.8, 4) is 0 Å². The van der Waals surface area contributed by atoms with Crippen LogP contribution in [0.15, 0.2) is 54.7 Å².